The van der Waals surface area contributed by atoms with Crippen LogP contribution in [0.15, 0.2) is 29.3 Å². The lowest BCUT2D eigenvalue weighted by molar-refractivity contribution is -0.129. The first kappa shape index (κ1) is 19.9. The van der Waals surface area contributed by atoms with Crippen molar-refractivity contribution in [3.8, 4) is 0 Å². The fraction of sp³-hybridized carbons (Fsp3) is 0.591. The van der Waals surface area contributed by atoms with Gasteiger partial charge in [0.15, 0.2) is 0 Å². The Labute approximate surface area is 172 Å². The summed E-state index contributed by atoms with van der Waals surface area (Å²) >= 11 is 0. The maximum absolute atomic E-state index is 12.8. The number of anilines is 1. The molecular formula is C22H31N5O2. The number of fused-ring (bicyclic) bond motifs is 2. The van der Waals surface area contributed by atoms with Crippen molar-refractivity contribution < 1.29 is 9.59 Å². The molecule has 1 aromatic rings. The summed E-state index contributed by atoms with van der Waals surface area (Å²) in [5.41, 5.74) is 2.20. The van der Waals surface area contributed by atoms with Gasteiger partial charge in [0, 0.05) is 45.1 Å². The van der Waals surface area contributed by atoms with Crippen molar-refractivity contribution in [2.24, 2.45) is 10.9 Å². The molecule has 4 rings (SSSR count). The third-order valence-corrected chi connectivity index (χ3v) is 6.51. The number of likely N-dealkylation sites (N-methyl/N-ethyl adjacent to an activating group) is 1. The van der Waals surface area contributed by atoms with Crippen molar-refractivity contribution in [3.05, 3.63) is 29.8 Å². The molecule has 3 fully saturated rings. The Bertz CT molecular complexity index is 778. The first-order valence-corrected chi connectivity index (χ1v) is 10.6. The largest absolute Gasteiger partial charge is 0.360 e. The van der Waals surface area contributed by atoms with Crippen molar-refractivity contribution in [2.45, 2.75) is 43.8 Å². The van der Waals surface area contributed by atoms with Crippen LogP contribution in [-0.2, 0) is 16.0 Å². The van der Waals surface area contributed by atoms with Crippen LogP contribution in [-0.4, -0.2) is 74.8 Å². The van der Waals surface area contributed by atoms with E-state index >= 15 is 0 Å². The zero-order valence-corrected chi connectivity index (χ0v) is 17.3. The normalized spacial score (nSPS) is 27.7. The SMILES string of the molecule is CN=C[C@H](Cc1ccc(N2CCN(C)C(=O)C2)cc1)NC(=O)[C@H]1N[C@@H]2CC[C@H]1C2. The summed E-state index contributed by atoms with van der Waals surface area (Å²) in [6, 6.07) is 8.62. The molecule has 0 aromatic heterocycles. The Hall–Kier alpha value is -2.41. The number of piperazine rings is 1. The van der Waals surface area contributed by atoms with Gasteiger partial charge in [-0.2, -0.15) is 0 Å². The highest BCUT2D eigenvalue weighted by Gasteiger charge is 2.42. The summed E-state index contributed by atoms with van der Waals surface area (Å²) in [5.74, 6) is 0.718. The smallest absolute Gasteiger partial charge is 0.241 e. The van der Waals surface area contributed by atoms with Crippen LogP contribution in [0.2, 0.25) is 0 Å². The number of piperidine rings is 1. The fourth-order valence-corrected chi connectivity index (χ4v) is 4.82. The van der Waals surface area contributed by atoms with Gasteiger partial charge in [-0.25, -0.2) is 0 Å². The topological polar surface area (TPSA) is 77.0 Å². The van der Waals surface area contributed by atoms with E-state index < -0.39 is 0 Å². The lowest BCUT2D eigenvalue weighted by Gasteiger charge is -2.33. The standard InChI is InChI=1S/C22H31N5O2/c1-23-13-18(25-22(29)21-16-5-6-17(12-16)24-21)11-15-3-7-19(8-4-15)27-10-9-26(2)20(28)14-27/h3-4,7-8,13,16-18,21,24H,5-6,9-12,14H2,1-2H3,(H,25,29)/t16-,17+,18-,21-/m0/s1. The summed E-state index contributed by atoms with van der Waals surface area (Å²) in [4.78, 5) is 32.7. The van der Waals surface area contributed by atoms with Gasteiger partial charge < -0.3 is 20.4 Å². The van der Waals surface area contributed by atoms with Gasteiger partial charge in [-0.05, 0) is 49.3 Å². The first-order chi connectivity index (χ1) is 14.0. The number of nitrogens with zero attached hydrogens (tertiary/aromatic N) is 3. The minimum absolute atomic E-state index is 0.0568. The minimum atomic E-state index is -0.121. The average Bonchev–Trinajstić information content (AvgIpc) is 3.34. The molecule has 1 aliphatic carbocycles. The van der Waals surface area contributed by atoms with Gasteiger partial charge in [-0.15, -0.1) is 0 Å². The first-order valence-electron chi connectivity index (χ1n) is 10.6. The van der Waals surface area contributed by atoms with E-state index in [2.05, 4.69) is 44.8 Å². The monoisotopic (exact) mass is 397 g/mol. The van der Waals surface area contributed by atoms with E-state index in [1.165, 1.54) is 6.42 Å². The molecule has 2 amide bonds. The molecule has 7 heteroatoms. The summed E-state index contributed by atoms with van der Waals surface area (Å²) in [6.07, 6.45) is 5.99. The number of hydrogen-bond donors (Lipinski definition) is 2. The Kier molecular flexibility index (Phi) is 5.85. The van der Waals surface area contributed by atoms with E-state index in [9.17, 15) is 9.59 Å². The fourth-order valence-electron chi connectivity index (χ4n) is 4.82. The van der Waals surface area contributed by atoms with Gasteiger partial charge in [0.1, 0.15) is 0 Å². The molecule has 2 heterocycles. The predicted octanol–water partition coefficient (Wildman–Crippen LogP) is 0.833. The lowest BCUT2D eigenvalue weighted by atomic mass is 9.98. The number of amides is 2. The van der Waals surface area contributed by atoms with Gasteiger partial charge in [-0.3, -0.25) is 14.6 Å². The van der Waals surface area contributed by atoms with Gasteiger partial charge >= 0.3 is 0 Å². The average molecular weight is 398 g/mol. The molecule has 0 radical (unpaired) electrons. The number of carbonyl (C=O) groups excluding carboxylic acids is 2. The van der Waals surface area contributed by atoms with Gasteiger partial charge in [-0.1, -0.05) is 12.1 Å². The van der Waals surface area contributed by atoms with Crippen LogP contribution in [0.1, 0.15) is 24.8 Å². The molecule has 2 saturated heterocycles. The van der Waals surface area contributed by atoms with Crippen molar-refractivity contribution in [1.29, 1.82) is 0 Å². The second-order valence-electron chi connectivity index (χ2n) is 8.54. The van der Waals surface area contributed by atoms with E-state index in [1.54, 1.807) is 11.9 Å². The zero-order chi connectivity index (χ0) is 20.4. The van der Waals surface area contributed by atoms with Gasteiger partial charge in [0.2, 0.25) is 11.8 Å². The molecule has 1 saturated carbocycles. The Balaban J connectivity index is 1.36. The summed E-state index contributed by atoms with van der Waals surface area (Å²) in [7, 11) is 3.58. The molecule has 0 unspecified atom stereocenters. The van der Waals surface area contributed by atoms with E-state index in [0.717, 1.165) is 37.2 Å². The number of hydrogen-bond acceptors (Lipinski definition) is 5. The van der Waals surface area contributed by atoms with Crippen LogP contribution in [0.25, 0.3) is 0 Å². The molecule has 7 nitrogen and oxygen atoms in total. The maximum Gasteiger partial charge on any atom is 0.241 e. The second-order valence-corrected chi connectivity index (χ2v) is 8.54. The van der Waals surface area contributed by atoms with Crippen molar-refractivity contribution in [1.82, 2.24) is 15.5 Å². The predicted molar refractivity (Wildman–Crippen MR) is 114 cm³/mol. The molecule has 3 aliphatic rings. The van der Waals surface area contributed by atoms with Crippen molar-refractivity contribution in [2.75, 3.05) is 38.6 Å². The number of benzene rings is 1. The Morgan fingerprint density at radius 2 is 2.10 bits per heavy atom. The highest BCUT2D eigenvalue weighted by molar-refractivity contribution is 5.86. The third kappa shape index (κ3) is 4.45. The molecule has 1 aromatic carbocycles. The summed E-state index contributed by atoms with van der Waals surface area (Å²) in [6.45, 7) is 2.02. The van der Waals surface area contributed by atoms with E-state index in [-0.39, 0.29) is 23.9 Å². The molecule has 2 aliphatic heterocycles. The minimum Gasteiger partial charge on any atom is -0.360 e. The van der Waals surface area contributed by atoms with Crippen LogP contribution in [0.4, 0.5) is 5.69 Å². The highest BCUT2D eigenvalue weighted by atomic mass is 16.2. The van der Waals surface area contributed by atoms with Gasteiger partial charge in [0.25, 0.3) is 0 Å². The van der Waals surface area contributed by atoms with E-state index in [1.807, 2.05) is 13.3 Å². The molecule has 156 valence electrons. The van der Waals surface area contributed by atoms with Crippen molar-refractivity contribution in [3.63, 3.8) is 0 Å². The molecule has 0 spiro atoms. The number of rotatable bonds is 6. The molecule has 29 heavy (non-hydrogen) atoms. The second kappa shape index (κ2) is 8.53. The van der Waals surface area contributed by atoms with E-state index in [4.69, 9.17) is 0 Å². The third-order valence-electron chi connectivity index (χ3n) is 6.51. The molecule has 4 atom stereocenters. The Morgan fingerprint density at radius 1 is 1.31 bits per heavy atom. The van der Waals surface area contributed by atoms with Crippen LogP contribution < -0.4 is 15.5 Å². The quantitative estimate of drug-likeness (QED) is 0.698. The Morgan fingerprint density at radius 3 is 2.72 bits per heavy atom. The lowest BCUT2D eigenvalue weighted by Crippen LogP contribution is -2.51. The van der Waals surface area contributed by atoms with Crippen LogP contribution in [0.3, 0.4) is 0 Å². The number of aliphatic imine (C=N–C) groups is 1. The molecular weight excluding hydrogens is 366 g/mol. The van der Waals surface area contributed by atoms with Crippen LogP contribution >= 0.6 is 0 Å². The maximum atomic E-state index is 12.8. The summed E-state index contributed by atoms with van der Waals surface area (Å²) < 4.78 is 0. The molecule has 2 N–H and O–H groups in total. The van der Waals surface area contributed by atoms with Crippen molar-refractivity contribution >= 4 is 23.7 Å². The van der Waals surface area contributed by atoms with Gasteiger partial charge in [0.05, 0.1) is 18.6 Å². The highest BCUT2D eigenvalue weighted by Crippen LogP contribution is 2.35. The molecule has 2 bridgehead atoms. The number of nitrogens with one attached hydrogen (secondary N) is 2. The zero-order valence-electron chi connectivity index (χ0n) is 17.3. The van der Waals surface area contributed by atoms with E-state index in [0.29, 0.717) is 24.9 Å². The number of carbonyl (C=O) groups is 2. The van der Waals surface area contributed by atoms with Crippen LogP contribution in [0, 0.1) is 5.92 Å². The van der Waals surface area contributed by atoms with Crippen LogP contribution in [0.5, 0.6) is 0 Å². The summed E-state index contributed by atoms with van der Waals surface area (Å²) in [5, 5.41) is 6.63.